The van der Waals surface area contributed by atoms with E-state index in [0.29, 0.717) is 23.1 Å². The van der Waals surface area contributed by atoms with Gasteiger partial charge in [-0.3, -0.25) is 9.59 Å². The van der Waals surface area contributed by atoms with Crippen molar-refractivity contribution in [2.24, 2.45) is 0 Å². The summed E-state index contributed by atoms with van der Waals surface area (Å²) in [5, 5.41) is 0.552. The lowest BCUT2D eigenvalue weighted by atomic mass is 9.96. The fourth-order valence-electron chi connectivity index (χ4n) is 4.66. The van der Waals surface area contributed by atoms with Crippen molar-refractivity contribution >= 4 is 16.9 Å². The topological polar surface area (TPSA) is 50.5 Å². The molecule has 1 aliphatic heterocycles. The van der Waals surface area contributed by atoms with E-state index >= 15 is 0 Å². The number of amides is 1. The van der Waals surface area contributed by atoms with Crippen molar-refractivity contribution in [3.05, 3.63) is 116 Å². The quantitative estimate of drug-likeness (QED) is 0.420. The summed E-state index contributed by atoms with van der Waals surface area (Å²) in [6, 6.07) is 19.5. The Bertz CT molecular complexity index is 1410. The molecule has 0 spiro atoms. The van der Waals surface area contributed by atoms with Crippen LogP contribution in [0.1, 0.15) is 55.5 Å². The average molecular weight is 424 g/mol. The second kappa shape index (κ2) is 7.49. The Balaban J connectivity index is 1.74. The Labute approximate surface area is 187 Å². The van der Waals surface area contributed by atoms with E-state index in [1.165, 1.54) is 0 Å². The molecule has 0 radical (unpaired) electrons. The maximum atomic E-state index is 13.8. The van der Waals surface area contributed by atoms with Crippen LogP contribution in [-0.4, -0.2) is 10.8 Å². The van der Waals surface area contributed by atoms with Crippen molar-refractivity contribution in [1.29, 1.82) is 0 Å². The third-order valence-electron chi connectivity index (χ3n) is 6.28. The predicted molar refractivity (Wildman–Crippen MR) is 126 cm³/mol. The van der Waals surface area contributed by atoms with Crippen LogP contribution in [0.3, 0.4) is 0 Å². The van der Waals surface area contributed by atoms with E-state index in [9.17, 15) is 9.59 Å². The number of hydrogen-bond donors (Lipinski definition) is 0. The van der Waals surface area contributed by atoms with Gasteiger partial charge in [0.25, 0.3) is 5.91 Å². The summed E-state index contributed by atoms with van der Waals surface area (Å²) in [4.78, 5) is 29.1. The molecule has 1 aliphatic rings. The molecule has 4 nitrogen and oxygen atoms in total. The molecule has 0 fully saturated rings. The first-order chi connectivity index (χ1) is 15.3. The van der Waals surface area contributed by atoms with Crippen molar-refractivity contribution in [3.63, 3.8) is 0 Å². The summed E-state index contributed by atoms with van der Waals surface area (Å²) in [5.74, 6) is -0.0884. The van der Waals surface area contributed by atoms with Gasteiger partial charge in [-0.2, -0.15) is 0 Å². The van der Waals surface area contributed by atoms with E-state index in [1.54, 1.807) is 4.90 Å². The minimum atomic E-state index is -0.485. The molecule has 5 rings (SSSR count). The number of nitrogens with zero attached hydrogens (tertiary/aromatic N) is 1. The Morgan fingerprint density at radius 3 is 2.09 bits per heavy atom. The van der Waals surface area contributed by atoms with Crippen LogP contribution in [0.2, 0.25) is 0 Å². The van der Waals surface area contributed by atoms with Crippen LogP contribution < -0.4 is 5.43 Å². The van der Waals surface area contributed by atoms with Gasteiger partial charge in [0.1, 0.15) is 5.58 Å². The maximum Gasteiger partial charge on any atom is 0.291 e. The monoisotopic (exact) mass is 423 g/mol. The highest BCUT2D eigenvalue weighted by Gasteiger charge is 2.42. The molecule has 1 amide bonds. The van der Waals surface area contributed by atoms with E-state index in [1.807, 2.05) is 88.4 Å². The van der Waals surface area contributed by atoms with Crippen molar-refractivity contribution in [1.82, 2.24) is 4.90 Å². The molecule has 4 heteroatoms. The number of rotatable bonds is 3. The zero-order valence-corrected chi connectivity index (χ0v) is 18.7. The third kappa shape index (κ3) is 3.23. The van der Waals surface area contributed by atoms with Crippen molar-refractivity contribution in [2.45, 2.75) is 40.3 Å². The Kier molecular flexibility index (Phi) is 4.74. The van der Waals surface area contributed by atoms with Gasteiger partial charge < -0.3 is 9.32 Å². The second-order valence-electron chi connectivity index (χ2n) is 8.86. The van der Waals surface area contributed by atoms with E-state index in [-0.39, 0.29) is 17.1 Å². The van der Waals surface area contributed by atoms with Crippen LogP contribution in [0.25, 0.3) is 11.0 Å². The molecule has 0 aliphatic carbocycles. The third-order valence-corrected chi connectivity index (χ3v) is 6.28. The predicted octanol–water partition coefficient (Wildman–Crippen LogP) is 5.77. The molecular weight excluding hydrogens is 398 g/mol. The van der Waals surface area contributed by atoms with Crippen LogP contribution in [0, 0.1) is 27.7 Å². The van der Waals surface area contributed by atoms with E-state index in [4.69, 9.17) is 4.42 Å². The van der Waals surface area contributed by atoms with E-state index in [2.05, 4.69) is 0 Å². The van der Waals surface area contributed by atoms with E-state index < -0.39 is 6.04 Å². The minimum Gasteiger partial charge on any atom is -0.450 e. The Morgan fingerprint density at radius 1 is 0.812 bits per heavy atom. The normalized spacial score (nSPS) is 15.4. The SMILES string of the molecule is Cc1ccc(CN2C(=O)c3oc4cc(C)cc(C)c4c(=O)c3C2c2ccc(C)cc2)cc1. The van der Waals surface area contributed by atoms with Gasteiger partial charge in [0, 0.05) is 6.54 Å². The molecule has 1 atom stereocenters. The smallest absolute Gasteiger partial charge is 0.291 e. The molecule has 0 bridgehead atoms. The molecule has 0 saturated carbocycles. The summed E-state index contributed by atoms with van der Waals surface area (Å²) in [6.45, 7) is 8.33. The largest absolute Gasteiger partial charge is 0.450 e. The molecule has 32 heavy (non-hydrogen) atoms. The van der Waals surface area contributed by atoms with Gasteiger partial charge in [-0.25, -0.2) is 0 Å². The number of benzene rings is 3. The first-order valence-electron chi connectivity index (χ1n) is 10.8. The van der Waals surface area contributed by atoms with Crippen LogP contribution in [-0.2, 0) is 6.54 Å². The molecule has 1 unspecified atom stereocenters. The average Bonchev–Trinajstić information content (AvgIpc) is 3.02. The zero-order valence-electron chi connectivity index (χ0n) is 18.7. The summed E-state index contributed by atoms with van der Waals surface area (Å²) in [6.07, 6.45) is 0. The number of carbonyl (C=O) groups is 1. The highest BCUT2D eigenvalue weighted by Crippen LogP contribution is 2.39. The summed E-state index contributed by atoms with van der Waals surface area (Å²) in [5.41, 5.74) is 6.85. The number of hydrogen-bond acceptors (Lipinski definition) is 3. The summed E-state index contributed by atoms with van der Waals surface area (Å²) < 4.78 is 6.13. The Morgan fingerprint density at radius 2 is 1.44 bits per heavy atom. The fraction of sp³-hybridized carbons (Fsp3) is 0.214. The first-order valence-corrected chi connectivity index (χ1v) is 10.8. The van der Waals surface area contributed by atoms with Gasteiger partial charge >= 0.3 is 0 Å². The number of aryl methyl sites for hydroxylation is 4. The minimum absolute atomic E-state index is 0.121. The fourth-order valence-corrected chi connectivity index (χ4v) is 4.66. The number of carbonyl (C=O) groups excluding carboxylic acids is 1. The van der Waals surface area contributed by atoms with Gasteiger partial charge in [0.2, 0.25) is 5.76 Å². The lowest BCUT2D eigenvalue weighted by Crippen LogP contribution is -2.29. The van der Waals surface area contributed by atoms with Crippen LogP contribution >= 0.6 is 0 Å². The van der Waals surface area contributed by atoms with Gasteiger partial charge in [-0.05, 0) is 56.0 Å². The van der Waals surface area contributed by atoms with Crippen LogP contribution in [0.4, 0.5) is 0 Å². The molecule has 160 valence electrons. The molecular formula is C28H25NO3. The number of fused-ring (bicyclic) bond motifs is 2. The molecule has 1 aromatic heterocycles. The van der Waals surface area contributed by atoms with Crippen LogP contribution in [0.5, 0.6) is 0 Å². The van der Waals surface area contributed by atoms with Crippen molar-refractivity contribution in [3.8, 4) is 0 Å². The lowest BCUT2D eigenvalue weighted by molar-refractivity contribution is 0.0714. The highest BCUT2D eigenvalue weighted by molar-refractivity contribution is 5.99. The molecule has 0 saturated heterocycles. The van der Waals surface area contributed by atoms with Crippen molar-refractivity contribution < 1.29 is 9.21 Å². The highest BCUT2D eigenvalue weighted by atomic mass is 16.3. The molecule has 4 aromatic rings. The summed E-state index contributed by atoms with van der Waals surface area (Å²) in [7, 11) is 0. The van der Waals surface area contributed by atoms with Gasteiger partial charge in [0.15, 0.2) is 5.43 Å². The van der Waals surface area contributed by atoms with Gasteiger partial charge in [0.05, 0.1) is 17.0 Å². The van der Waals surface area contributed by atoms with E-state index in [0.717, 1.165) is 33.4 Å². The summed E-state index contributed by atoms with van der Waals surface area (Å²) >= 11 is 0. The van der Waals surface area contributed by atoms with Gasteiger partial charge in [-0.15, -0.1) is 0 Å². The molecule has 0 N–H and O–H groups in total. The van der Waals surface area contributed by atoms with Crippen LogP contribution in [0.15, 0.2) is 69.9 Å². The second-order valence-corrected chi connectivity index (χ2v) is 8.86. The van der Waals surface area contributed by atoms with Gasteiger partial charge in [-0.1, -0.05) is 65.7 Å². The van der Waals surface area contributed by atoms with Crippen molar-refractivity contribution in [2.75, 3.05) is 0 Å². The molecule has 2 heterocycles. The lowest BCUT2D eigenvalue weighted by Gasteiger charge is -2.25. The Hall–Kier alpha value is -3.66. The maximum absolute atomic E-state index is 13.8. The molecule has 3 aromatic carbocycles. The standard InChI is InChI=1S/C28H25NO3/c1-16-5-9-20(10-6-16)15-29-25(21-11-7-17(2)8-12-21)24-26(30)23-19(4)13-18(3)14-22(23)32-27(24)28(29)31/h5-14,25H,15H2,1-4H3. The first kappa shape index (κ1) is 20.3. The zero-order chi connectivity index (χ0) is 22.6.